The van der Waals surface area contributed by atoms with Crippen LogP contribution in [0.15, 0.2) is 72.3 Å². The van der Waals surface area contributed by atoms with E-state index >= 15 is 0 Å². The van der Waals surface area contributed by atoms with E-state index < -0.39 is 17.7 Å². The Labute approximate surface area is 240 Å². The lowest BCUT2D eigenvalue weighted by atomic mass is 9.94. The number of hydrogen-bond donors (Lipinski definition) is 1. The number of carbonyl (C=O) groups is 2. The van der Waals surface area contributed by atoms with E-state index in [4.69, 9.17) is 14.2 Å². The van der Waals surface area contributed by atoms with E-state index in [2.05, 4.69) is 0 Å². The van der Waals surface area contributed by atoms with Crippen molar-refractivity contribution in [3.05, 3.63) is 94.6 Å². The first-order valence-electron chi connectivity index (χ1n) is 13.9. The summed E-state index contributed by atoms with van der Waals surface area (Å²) in [4.78, 5) is 30.3. The fraction of sp³-hybridized carbons (Fsp3) is 0.333. The summed E-state index contributed by atoms with van der Waals surface area (Å²) in [6.45, 7) is 5.50. The van der Waals surface area contributed by atoms with Gasteiger partial charge in [0, 0.05) is 25.1 Å². The van der Waals surface area contributed by atoms with Crippen LogP contribution in [0.25, 0.3) is 5.76 Å². The Bertz CT molecular complexity index is 1470. The standard InChI is InChI=1S/C33H36N2O6/c1-5-39-28-19-23(11-14-27(28)40-20-22-9-7-6-8-10-22)30-29(32(37)33(38)35(30)16-15-34(3)4)31(36)24-12-13-26-25(18-24)17-21(2)41-26/h6-14,18-19,21,30,36H,5,15-17,20H2,1-4H3/t21-,30+/m1/s1. The van der Waals surface area contributed by atoms with Gasteiger partial charge in [-0.15, -0.1) is 0 Å². The number of amides is 1. The molecule has 1 amide bonds. The van der Waals surface area contributed by atoms with Crippen LogP contribution >= 0.6 is 0 Å². The molecule has 2 aliphatic heterocycles. The van der Waals surface area contributed by atoms with Crippen molar-refractivity contribution in [1.29, 1.82) is 0 Å². The second-order valence-electron chi connectivity index (χ2n) is 10.7. The molecule has 8 heteroatoms. The van der Waals surface area contributed by atoms with Crippen LogP contribution in [-0.4, -0.2) is 66.5 Å². The Balaban J connectivity index is 1.56. The van der Waals surface area contributed by atoms with Crippen LogP contribution in [0.1, 0.15) is 42.1 Å². The van der Waals surface area contributed by atoms with E-state index in [0.717, 1.165) is 16.9 Å². The topological polar surface area (TPSA) is 88.5 Å². The van der Waals surface area contributed by atoms with Gasteiger partial charge in [0.05, 0.1) is 18.2 Å². The van der Waals surface area contributed by atoms with E-state index in [1.54, 1.807) is 24.3 Å². The monoisotopic (exact) mass is 556 g/mol. The van der Waals surface area contributed by atoms with Gasteiger partial charge in [0.1, 0.15) is 24.2 Å². The van der Waals surface area contributed by atoms with Gasteiger partial charge in [-0.2, -0.15) is 0 Å². The van der Waals surface area contributed by atoms with Gasteiger partial charge in [-0.25, -0.2) is 0 Å². The summed E-state index contributed by atoms with van der Waals surface area (Å²) in [5, 5.41) is 11.5. The van der Waals surface area contributed by atoms with E-state index in [1.165, 1.54) is 4.90 Å². The zero-order valence-electron chi connectivity index (χ0n) is 23.9. The lowest BCUT2D eigenvalue weighted by Gasteiger charge is -2.27. The molecule has 8 nitrogen and oxygen atoms in total. The molecule has 0 saturated carbocycles. The highest BCUT2D eigenvalue weighted by molar-refractivity contribution is 6.46. The summed E-state index contributed by atoms with van der Waals surface area (Å²) in [6.07, 6.45) is 0.748. The Morgan fingerprint density at radius 2 is 1.80 bits per heavy atom. The zero-order chi connectivity index (χ0) is 29.1. The van der Waals surface area contributed by atoms with Gasteiger partial charge in [-0.05, 0) is 75.0 Å². The van der Waals surface area contributed by atoms with E-state index in [9.17, 15) is 14.7 Å². The molecule has 0 aliphatic carbocycles. The number of ketones is 1. The van der Waals surface area contributed by atoms with Gasteiger partial charge < -0.3 is 29.1 Å². The van der Waals surface area contributed by atoms with Crippen LogP contribution in [0.5, 0.6) is 17.2 Å². The Hall–Kier alpha value is -4.30. The molecule has 2 aliphatic rings. The fourth-order valence-corrected chi connectivity index (χ4v) is 5.31. The predicted octanol–water partition coefficient (Wildman–Crippen LogP) is 4.97. The summed E-state index contributed by atoms with van der Waals surface area (Å²) in [5.41, 5.74) is 3.16. The minimum atomic E-state index is -0.791. The number of benzene rings is 3. The van der Waals surface area contributed by atoms with Crippen molar-refractivity contribution in [2.45, 2.75) is 39.0 Å². The first-order valence-corrected chi connectivity index (χ1v) is 13.9. The van der Waals surface area contributed by atoms with Gasteiger partial charge >= 0.3 is 0 Å². The van der Waals surface area contributed by atoms with E-state index in [-0.39, 0.29) is 17.4 Å². The van der Waals surface area contributed by atoms with Crippen LogP contribution in [0.2, 0.25) is 0 Å². The zero-order valence-corrected chi connectivity index (χ0v) is 23.9. The molecule has 0 spiro atoms. The Morgan fingerprint density at radius 1 is 1.02 bits per heavy atom. The van der Waals surface area contributed by atoms with Gasteiger partial charge in [-0.1, -0.05) is 36.4 Å². The first-order chi connectivity index (χ1) is 19.8. The number of carbonyl (C=O) groups excluding carboxylic acids is 2. The largest absolute Gasteiger partial charge is 0.507 e. The molecule has 0 aromatic heterocycles. The summed E-state index contributed by atoms with van der Waals surface area (Å²) >= 11 is 0. The molecular formula is C33H36N2O6. The minimum absolute atomic E-state index is 0.0404. The molecule has 2 atom stereocenters. The van der Waals surface area contributed by atoms with Gasteiger partial charge in [-0.3, -0.25) is 9.59 Å². The smallest absolute Gasteiger partial charge is 0.295 e. The molecule has 5 rings (SSSR count). The Morgan fingerprint density at radius 3 is 2.54 bits per heavy atom. The van der Waals surface area contributed by atoms with E-state index in [0.29, 0.717) is 55.4 Å². The van der Waals surface area contributed by atoms with Crippen LogP contribution < -0.4 is 14.2 Å². The van der Waals surface area contributed by atoms with Crippen molar-refractivity contribution in [2.24, 2.45) is 0 Å². The second kappa shape index (κ2) is 12.1. The molecule has 0 radical (unpaired) electrons. The lowest BCUT2D eigenvalue weighted by molar-refractivity contribution is -0.140. The number of fused-ring (bicyclic) bond motifs is 1. The number of hydrogen-bond acceptors (Lipinski definition) is 7. The van der Waals surface area contributed by atoms with Gasteiger partial charge in [0.15, 0.2) is 11.5 Å². The van der Waals surface area contributed by atoms with E-state index in [1.807, 2.05) is 75.3 Å². The third-order valence-electron chi connectivity index (χ3n) is 7.32. The van der Waals surface area contributed by atoms with Crippen LogP contribution in [-0.2, 0) is 22.6 Å². The van der Waals surface area contributed by atoms with Gasteiger partial charge in [0.2, 0.25) is 0 Å². The van der Waals surface area contributed by atoms with Crippen molar-refractivity contribution >= 4 is 17.4 Å². The molecule has 41 heavy (non-hydrogen) atoms. The van der Waals surface area contributed by atoms with Crippen LogP contribution in [0.4, 0.5) is 0 Å². The molecule has 0 unspecified atom stereocenters. The maximum Gasteiger partial charge on any atom is 0.295 e. The Kier molecular flexibility index (Phi) is 8.31. The highest BCUT2D eigenvalue weighted by Gasteiger charge is 2.46. The minimum Gasteiger partial charge on any atom is -0.507 e. The second-order valence-corrected chi connectivity index (χ2v) is 10.7. The highest BCUT2D eigenvalue weighted by Crippen LogP contribution is 2.43. The third-order valence-corrected chi connectivity index (χ3v) is 7.32. The normalized spacial score (nSPS) is 19.4. The average Bonchev–Trinajstić information content (AvgIpc) is 3.46. The SMILES string of the molecule is CCOc1cc([C@H]2C(=C(O)c3ccc4c(c3)C[C@@H](C)O4)C(=O)C(=O)N2CCN(C)C)ccc1OCc1ccccc1. The molecule has 214 valence electrons. The maximum atomic E-state index is 13.5. The number of nitrogens with zero attached hydrogens (tertiary/aromatic N) is 2. The summed E-state index contributed by atoms with van der Waals surface area (Å²) in [7, 11) is 3.82. The van der Waals surface area contributed by atoms with Crippen molar-refractivity contribution in [1.82, 2.24) is 9.80 Å². The maximum absolute atomic E-state index is 13.5. The molecule has 1 fully saturated rings. The van der Waals surface area contributed by atoms with Crippen LogP contribution in [0, 0.1) is 0 Å². The van der Waals surface area contributed by atoms with Crippen molar-refractivity contribution in [2.75, 3.05) is 33.8 Å². The predicted molar refractivity (Wildman–Crippen MR) is 156 cm³/mol. The van der Waals surface area contributed by atoms with Gasteiger partial charge in [0.25, 0.3) is 11.7 Å². The molecule has 2 heterocycles. The number of Topliss-reactive ketones (excluding diaryl/α,β-unsaturated/α-hetero) is 1. The number of ether oxygens (including phenoxy) is 3. The summed E-state index contributed by atoms with van der Waals surface area (Å²) in [6, 6.07) is 19.8. The van der Waals surface area contributed by atoms with Crippen molar-refractivity contribution < 1.29 is 28.9 Å². The van der Waals surface area contributed by atoms with Crippen molar-refractivity contribution in [3.8, 4) is 17.2 Å². The highest BCUT2D eigenvalue weighted by atomic mass is 16.5. The average molecular weight is 557 g/mol. The number of rotatable bonds is 10. The molecule has 3 aromatic rings. The first kappa shape index (κ1) is 28.2. The molecular weight excluding hydrogens is 520 g/mol. The summed E-state index contributed by atoms with van der Waals surface area (Å²) in [5.74, 6) is 0.271. The summed E-state index contributed by atoms with van der Waals surface area (Å²) < 4.78 is 17.8. The van der Waals surface area contributed by atoms with Crippen molar-refractivity contribution in [3.63, 3.8) is 0 Å². The quantitative estimate of drug-likeness (QED) is 0.214. The van der Waals surface area contributed by atoms with Crippen LogP contribution in [0.3, 0.4) is 0 Å². The number of aliphatic hydroxyl groups excluding tert-OH is 1. The number of likely N-dealkylation sites (N-methyl/N-ethyl adjacent to an activating group) is 1. The molecule has 1 N–H and O–H groups in total. The molecule has 1 saturated heterocycles. The lowest BCUT2D eigenvalue weighted by Crippen LogP contribution is -2.35. The third kappa shape index (κ3) is 5.93. The molecule has 3 aromatic carbocycles. The molecule has 0 bridgehead atoms. The number of aliphatic hydroxyl groups is 1. The number of likely N-dealkylation sites (tertiary alicyclic amines) is 1. The fourth-order valence-electron chi connectivity index (χ4n) is 5.31.